The van der Waals surface area contributed by atoms with Crippen LogP contribution in [0.1, 0.15) is 45.7 Å². The molecule has 0 radical (unpaired) electrons. The molecule has 2 aliphatic rings. The molecule has 2 fully saturated rings. The van der Waals surface area contributed by atoms with Gasteiger partial charge < -0.3 is 15.8 Å². The Hall–Kier alpha value is -1.56. The van der Waals surface area contributed by atoms with Crippen molar-refractivity contribution >= 4 is 33.8 Å². The smallest absolute Gasteiger partial charge is 0.343 e. The average Bonchev–Trinajstić information content (AvgIpc) is 3.26. The fourth-order valence-corrected chi connectivity index (χ4v) is 3.18. The lowest BCUT2D eigenvalue weighted by molar-refractivity contribution is 0.0603. The Kier molecular flexibility index (Phi) is 2.97. The highest BCUT2D eigenvalue weighted by atomic mass is 32.1. The van der Waals surface area contributed by atoms with Crippen LogP contribution in [0.25, 0.3) is 0 Å². The predicted molar refractivity (Wildman–Crippen MR) is 73.8 cm³/mol. The number of nitrogens with two attached hydrogens (primary N) is 1. The van der Waals surface area contributed by atoms with E-state index in [4.69, 9.17) is 10.5 Å². The number of nitrogen functional groups attached to an aromatic ring is 1. The fourth-order valence-electron chi connectivity index (χ4n) is 1.98. The first-order valence-corrected chi connectivity index (χ1v) is 7.24. The number of anilines is 2. The molecule has 19 heavy (non-hydrogen) atoms. The summed E-state index contributed by atoms with van der Waals surface area (Å²) in [5, 5.41) is 3.94. The molecule has 102 valence electrons. The lowest BCUT2D eigenvalue weighted by atomic mass is 10.1. The molecule has 1 heterocycles. The SMILES string of the molecule is COC(=O)c1c(NC2CC2)sc(C(=O)C2CC2)c1N. The van der Waals surface area contributed by atoms with E-state index < -0.39 is 5.97 Å². The second kappa shape index (κ2) is 4.52. The van der Waals surface area contributed by atoms with Crippen molar-refractivity contribution in [3.05, 3.63) is 10.4 Å². The van der Waals surface area contributed by atoms with Gasteiger partial charge in [-0.1, -0.05) is 0 Å². The Morgan fingerprint density at radius 1 is 1.32 bits per heavy atom. The van der Waals surface area contributed by atoms with Gasteiger partial charge in [-0.25, -0.2) is 4.79 Å². The van der Waals surface area contributed by atoms with E-state index in [1.807, 2.05) is 0 Å². The molecule has 2 saturated carbocycles. The van der Waals surface area contributed by atoms with Crippen molar-refractivity contribution in [3.63, 3.8) is 0 Å². The van der Waals surface area contributed by atoms with Crippen LogP contribution in [-0.2, 0) is 4.74 Å². The monoisotopic (exact) mass is 280 g/mol. The van der Waals surface area contributed by atoms with Gasteiger partial charge >= 0.3 is 5.97 Å². The van der Waals surface area contributed by atoms with Crippen LogP contribution in [0, 0.1) is 5.92 Å². The Morgan fingerprint density at radius 2 is 2.00 bits per heavy atom. The second-order valence-corrected chi connectivity index (χ2v) is 6.12. The number of Topliss-reactive ketones (excluding diaryl/α,β-unsaturated/α-hetero) is 1. The summed E-state index contributed by atoms with van der Waals surface area (Å²) < 4.78 is 4.77. The van der Waals surface area contributed by atoms with Gasteiger partial charge in [0.15, 0.2) is 5.78 Å². The van der Waals surface area contributed by atoms with E-state index in [-0.39, 0.29) is 17.4 Å². The van der Waals surface area contributed by atoms with Crippen molar-refractivity contribution in [3.8, 4) is 0 Å². The van der Waals surface area contributed by atoms with E-state index in [0.29, 0.717) is 21.5 Å². The number of rotatable bonds is 5. The van der Waals surface area contributed by atoms with Crippen LogP contribution < -0.4 is 11.1 Å². The molecule has 3 rings (SSSR count). The summed E-state index contributed by atoms with van der Waals surface area (Å²) in [4.78, 5) is 24.5. The van der Waals surface area contributed by atoms with Crippen molar-refractivity contribution in [2.24, 2.45) is 5.92 Å². The number of hydrogen-bond acceptors (Lipinski definition) is 6. The first kappa shape index (κ1) is 12.5. The molecule has 0 unspecified atom stereocenters. The molecule has 0 aromatic carbocycles. The van der Waals surface area contributed by atoms with Crippen LogP contribution in [0.5, 0.6) is 0 Å². The lowest BCUT2D eigenvalue weighted by Crippen LogP contribution is -2.10. The molecule has 0 spiro atoms. The summed E-state index contributed by atoms with van der Waals surface area (Å²) >= 11 is 1.29. The summed E-state index contributed by atoms with van der Waals surface area (Å²) in [6, 6.07) is 0.394. The number of carbonyl (C=O) groups is 2. The molecule has 0 atom stereocenters. The normalized spacial score (nSPS) is 18.2. The Labute approximate surface area is 115 Å². The first-order chi connectivity index (χ1) is 9.11. The number of ketones is 1. The van der Waals surface area contributed by atoms with Gasteiger partial charge in [-0.2, -0.15) is 0 Å². The largest absolute Gasteiger partial charge is 0.465 e. The van der Waals surface area contributed by atoms with Gasteiger partial charge in [0.25, 0.3) is 0 Å². The number of thiophene rings is 1. The van der Waals surface area contributed by atoms with Crippen LogP contribution in [0.15, 0.2) is 0 Å². The number of methoxy groups -OCH3 is 1. The van der Waals surface area contributed by atoms with Gasteiger partial charge in [0.2, 0.25) is 0 Å². The van der Waals surface area contributed by atoms with Gasteiger partial charge in [-0.3, -0.25) is 4.79 Å². The molecule has 0 saturated heterocycles. The van der Waals surface area contributed by atoms with E-state index in [1.165, 1.54) is 18.4 Å². The summed E-state index contributed by atoms with van der Waals surface area (Å²) in [6.45, 7) is 0. The molecular weight excluding hydrogens is 264 g/mol. The standard InChI is InChI=1S/C13H16N2O3S/c1-18-13(17)8-9(14)11(10(16)6-2-3-6)19-12(8)15-7-4-5-7/h6-7,15H,2-5,14H2,1H3. The van der Waals surface area contributed by atoms with Crippen LogP contribution in [0.4, 0.5) is 10.7 Å². The number of carbonyl (C=O) groups excluding carboxylic acids is 2. The summed E-state index contributed by atoms with van der Waals surface area (Å²) in [5.74, 6) is -0.316. The third-order valence-corrected chi connectivity index (χ3v) is 4.57. The minimum absolute atomic E-state index is 0.0662. The minimum Gasteiger partial charge on any atom is -0.465 e. The summed E-state index contributed by atoms with van der Waals surface area (Å²) in [5.41, 5.74) is 6.59. The van der Waals surface area contributed by atoms with Gasteiger partial charge in [0.05, 0.1) is 17.7 Å². The topological polar surface area (TPSA) is 81.4 Å². The molecule has 6 heteroatoms. The second-order valence-electron chi connectivity index (χ2n) is 5.10. The quantitative estimate of drug-likeness (QED) is 0.639. The molecular formula is C13H16N2O3S. The first-order valence-electron chi connectivity index (χ1n) is 6.43. The van der Waals surface area contributed by atoms with Crippen LogP contribution >= 0.6 is 11.3 Å². The van der Waals surface area contributed by atoms with E-state index in [2.05, 4.69) is 5.32 Å². The van der Waals surface area contributed by atoms with Gasteiger partial charge in [0.1, 0.15) is 10.6 Å². The van der Waals surface area contributed by atoms with E-state index in [9.17, 15) is 9.59 Å². The highest BCUT2D eigenvalue weighted by Crippen LogP contribution is 2.43. The zero-order valence-electron chi connectivity index (χ0n) is 10.7. The highest BCUT2D eigenvalue weighted by Gasteiger charge is 2.36. The third kappa shape index (κ3) is 2.32. The third-order valence-electron chi connectivity index (χ3n) is 3.42. The van der Waals surface area contributed by atoms with Crippen LogP contribution in [0.2, 0.25) is 0 Å². The van der Waals surface area contributed by atoms with E-state index in [1.54, 1.807) is 0 Å². The van der Waals surface area contributed by atoms with E-state index in [0.717, 1.165) is 25.7 Å². The molecule has 0 amide bonds. The molecule has 0 bridgehead atoms. The average molecular weight is 280 g/mol. The Morgan fingerprint density at radius 3 is 2.53 bits per heavy atom. The van der Waals surface area contributed by atoms with Crippen molar-refractivity contribution in [1.82, 2.24) is 0 Å². The maximum atomic E-state index is 12.2. The van der Waals surface area contributed by atoms with Crippen molar-refractivity contribution in [1.29, 1.82) is 0 Å². The molecule has 0 aliphatic heterocycles. The summed E-state index contributed by atoms with van der Waals surface area (Å²) in [6.07, 6.45) is 4.03. The van der Waals surface area contributed by atoms with Crippen LogP contribution in [-0.4, -0.2) is 24.9 Å². The zero-order chi connectivity index (χ0) is 13.6. The molecule has 1 aromatic heterocycles. The lowest BCUT2D eigenvalue weighted by Gasteiger charge is -2.04. The molecule has 2 aliphatic carbocycles. The summed E-state index contributed by atoms with van der Waals surface area (Å²) in [7, 11) is 1.32. The Bertz CT molecular complexity index is 544. The Balaban J connectivity index is 1.97. The number of ether oxygens (including phenoxy) is 1. The number of esters is 1. The van der Waals surface area contributed by atoms with Gasteiger partial charge in [-0.05, 0) is 25.7 Å². The highest BCUT2D eigenvalue weighted by molar-refractivity contribution is 7.19. The minimum atomic E-state index is -0.480. The van der Waals surface area contributed by atoms with Gasteiger partial charge in [-0.15, -0.1) is 11.3 Å². The van der Waals surface area contributed by atoms with Crippen molar-refractivity contribution in [2.75, 3.05) is 18.2 Å². The maximum Gasteiger partial charge on any atom is 0.343 e. The molecule has 1 aromatic rings. The number of hydrogen-bond donors (Lipinski definition) is 2. The fraction of sp³-hybridized carbons (Fsp3) is 0.538. The number of nitrogens with one attached hydrogen (secondary N) is 1. The van der Waals surface area contributed by atoms with Crippen molar-refractivity contribution in [2.45, 2.75) is 31.7 Å². The van der Waals surface area contributed by atoms with Gasteiger partial charge in [0, 0.05) is 12.0 Å². The molecule has 5 nitrogen and oxygen atoms in total. The zero-order valence-corrected chi connectivity index (χ0v) is 11.5. The molecule has 3 N–H and O–H groups in total. The predicted octanol–water partition coefficient (Wildman–Crippen LogP) is 2.28. The van der Waals surface area contributed by atoms with Crippen LogP contribution in [0.3, 0.4) is 0 Å². The van der Waals surface area contributed by atoms with E-state index >= 15 is 0 Å². The maximum absolute atomic E-state index is 12.2. The van der Waals surface area contributed by atoms with Crippen molar-refractivity contribution < 1.29 is 14.3 Å².